The van der Waals surface area contributed by atoms with E-state index in [2.05, 4.69) is 25.9 Å². The second-order valence-corrected chi connectivity index (χ2v) is 4.91. The Hall–Kier alpha value is -2.45. The first-order chi connectivity index (χ1) is 11.7. The molecule has 1 aromatic carbocycles. The summed E-state index contributed by atoms with van der Waals surface area (Å²) in [6.45, 7) is 2.30. The van der Waals surface area contributed by atoms with E-state index >= 15 is 0 Å². The average Bonchev–Trinajstić information content (AvgIpc) is 2.59. The molecular formula is C16H22FN5O2. The monoisotopic (exact) mass is 335 g/mol. The van der Waals surface area contributed by atoms with Crippen molar-refractivity contribution in [2.75, 3.05) is 51.1 Å². The number of hydrogen-bond acceptors (Lipinski definition) is 7. The summed E-state index contributed by atoms with van der Waals surface area (Å²) in [7, 11) is 3.45. The largest absolute Gasteiger partial charge is 0.491 e. The molecule has 24 heavy (non-hydrogen) atoms. The molecule has 7 nitrogen and oxygen atoms in total. The van der Waals surface area contributed by atoms with Crippen LogP contribution in [0.5, 0.6) is 5.75 Å². The number of nitrogens with zero attached hydrogens (tertiary/aromatic N) is 2. The van der Waals surface area contributed by atoms with Gasteiger partial charge in [0.1, 0.15) is 12.4 Å². The van der Waals surface area contributed by atoms with Gasteiger partial charge in [-0.15, -0.1) is 0 Å². The molecule has 0 spiro atoms. The minimum absolute atomic E-state index is 0.169. The van der Waals surface area contributed by atoms with Gasteiger partial charge in [-0.2, -0.15) is 4.98 Å². The fourth-order valence-corrected chi connectivity index (χ4v) is 1.86. The zero-order valence-corrected chi connectivity index (χ0v) is 13.8. The summed E-state index contributed by atoms with van der Waals surface area (Å²) in [4.78, 5) is 8.08. The van der Waals surface area contributed by atoms with Crippen LogP contribution in [0.4, 0.5) is 21.8 Å². The summed E-state index contributed by atoms with van der Waals surface area (Å²) >= 11 is 0. The molecule has 0 atom stereocenters. The van der Waals surface area contributed by atoms with Gasteiger partial charge in [-0.1, -0.05) is 0 Å². The van der Waals surface area contributed by atoms with E-state index in [1.165, 1.54) is 0 Å². The minimum Gasteiger partial charge on any atom is -0.491 e. The highest BCUT2D eigenvalue weighted by atomic mass is 19.1. The number of aromatic nitrogens is 2. The third-order valence-electron chi connectivity index (χ3n) is 3.08. The first-order valence-corrected chi connectivity index (χ1v) is 7.62. The van der Waals surface area contributed by atoms with Gasteiger partial charge in [0.05, 0.1) is 12.8 Å². The average molecular weight is 335 g/mol. The first-order valence-electron chi connectivity index (χ1n) is 7.62. The molecule has 0 amide bonds. The van der Waals surface area contributed by atoms with E-state index in [0.29, 0.717) is 32.3 Å². The quantitative estimate of drug-likeness (QED) is 0.573. The van der Waals surface area contributed by atoms with Crippen molar-refractivity contribution in [3.05, 3.63) is 36.3 Å². The van der Waals surface area contributed by atoms with Crippen LogP contribution in [0.2, 0.25) is 0 Å². The summed E-state index contributed by atoms with van der Waals surface area (Å²) in [6.07, 6.45) is 1.14. The van der Waals surface area contributed by atoms with Gasteiger partial charge in [-0.25, -0.2) is 9.37 Å². The van der Waals surface area contributed by atoms with Gasteiger partial charge in [0, 0.05) is 25.9 Å². The second kappa shape index (κ2) is 9.64. The van der Waals surface area contributed by atoms with Gasteiger partial charge in [-0.3, -0.25) is 0 Å². The SMILES string of the molecule is CNCCNc1nc(Nc2ccc(OCCOC)cc2)ncc1F. The maximum Gasteiger partial charge on any atom is 0.229 e. The van der Waals surface area contributed by atoms with Crippen LogP contribution < -0.4 is 20.7 Å². The van der Waals surface area contributed by atoms with Crippen LogP contribution in [0.15, 0.2) is 30.5 Å². The predicted molar refractivity (Wildman–Crippen MR) is 91.5 cm³/mol. The van der Waals surface area contributed by atoms with Gasteiger partial charge >= 0.3 is 0 Å². The van der Waals surface area contributed by atoms with Crippen LogP contribution in [0.25, 0.3) is 0 Å². The summed E-state index contributed by atoms with van der Waals surface area (Å²) < 4.78 is 24.1. The number of likely N-dealkylation sites (N-methyl/N-ethyl adjacent to an activating group) is 1. The fraction of sp³-hybridized carbons (Fsp3) is 0.375. The molecular weight excluding hydrogens is 313 g/mol. The molecule has 0 unspecified atom stereocenters. The van der Waals surface area contributed by atoms with Crippen molar-refractivity contribution in [2.24, 2.45) is 0 Å². The van der Waals surface area contributed by atoms with Crippen LogP contribution in [-0.4, -0.2) is 50.4 Å². The molecule has 0 fully saturated rings. The molecule has 2 aromatic rings. The molecule has 8 heteroatoms. The Bertz CT molecular complexity index is 624. The maximum absolute atomic E-state index is 13.7. The third kappa shape index (κ3) is 5.64. The van der Waals surface area contributed by atoms with Crippen LogP contribution >= 0.6 is 0 Å². The number of rotatable bonds is 10. The Morgan fingerprint density at radius 3 is 2.62 bits per heavy atom. The highest BCUT2D eigenvalue weighted by Gasteiger charge is 2.07. The van der Waals surface area contributed by atoms with Gasteiger partial charge in [0.25, 0.3) is 0 Å². The molecule has 2 rings (SSSR count). The number of methoxy groups -OCH3 is 1. The van der Waals surface area contributed by atoms with E-state index in [4.69, 9.17) is 9.47 Å². The summed E-state index contributed by atoms with van der Waals surface area (Å²) in [5.74, 6) is 0.740. The number of anilines is 3. The van der Waals surface area contributed by atoms with Gasteiger partial charge in [0.2, 0.25) is 5.95 Å². The van der Waals surface area contributed by atoms with Crippen LogP contribution in [0.3, 0.4) is 0 Å². The van der Waals surface area contributed by atoms with Crippen LogP contribution in [0.1, 0.15) is 0 Å². The lowest BCUT2D eigenvalue weighted by Gasteiger charge is -2.10. The van der Waals surface area contributed by atoms with Crippen molar-refractivity contribution in [3.8, 4) is 5.75 Å². The number of benzene rings is 1. The van der Waals surface area contributed by atoms with E-state index in [1.807, 2.05) is 31.3 Å². The molecule has 1 aromatic heterocycles. The fourth-order valence-electron chi connectivity index (χ4n) is 1.86. The Kier molecular flexibility index (Phi) is 7.19. The summed E-state index contributed by atoms with van der Waals surface area (Å²) in [6, 6.07) is 7.33. The van der Waals surface area contributed by atoms with E-state index < -0.39 is 5.82 Å². The maximum atomic E-state index is 13.7. The van der Waals surface area contributed by atoms with Gasteiger partial charge in [0.15, 0.2) is 11.6 Å². The van der Waals surface area contributed by atoms with E-state index in [1.54, 1.807) is 7.11 Å². The topological polar surface area (TPSA) is 80.3 Å². The first kappa shape index (κ1) is 17.9. The van der Waals surface area contributed by atoms with Crippen molar-refractivity contribution in [2.45, 2.75) is 0 Å². The van der Waals surface area contributed by atoms with Crippen molar-refractivity contribution >= 4 is 17.5 Å². The lowest BCUT2D eigenvalue weighted by atomic mass is 10.3. The summed E-state index contributed by atoms with van der Waals surface area (Å²) in [5.41, 5.74) is 0.780. The Labute approximate surface area is 140 Å². The molecule has 0 radical (unpaired) electrons. The third-order valence-corrected chi connectivity index (χ3v) is 3.08. The minimum atomic E-state index is -0.487. The molecule has 0 saturated carbocycles. The number of nitrogens with one attached hydrogen (secondary N) is 3. The molecule has 130 valence electrons. The molecule has 0 aliphatic rings. The molecule has 3 N–H and O–H groups in total. The predicted octanol–water partition coefficient (Wildman–Crippen LogP) is 2.02. The number of hydrogen-bond donors (Lipinski definition) is 3. The standard InChI is InChI=1S/C16H22FN5O2/c1-18-7-8-19-15-14(17)11-20-16(22-15)21-12-3-5-13(6-4-12)24-10-9-23-2/h3-6,11,18H,7-10H2,1-2H3,(H2,19,20,21,22). The lowest BCUT2D eigenvalue weighted by molar-refractivity contribution is 0.146. The van der Waals surface area contributed by atoms with Crippen molar-refractivity contribution in [1.29, 1.82) is 0 Å². The zero-order valence-electron chi connectivity index (χ0n) is 13.8. The van der Waals surface area contributed by atoms with Gasteiger partial charge < -0.3 is 25.4 Å². The normalized spacial score (nSPS) is 10.5. The Morgan fingerprint density at radius 1 is 1.12 bits per heavy atom. The van der Waals surface area contributed by atoms with Crippen molar-refractivity contribution in [3.63, 3.8) is 0 Å². The molecule has 1 heterocycles. The van der Waals surface area contributed by atoms with Crippen LogP contribution in [0, 0.1) is 5.82 Å². The number of ether oxygens (including phenoxy) is 2. The molecule has 0 bridgehead atoms. The number of halogens is 1. The highest BCUT2D eigenvalue weighted by molar-refractivity contribution is 5.56. The second-order valence-electron chi connectivity index (χ2n) is 4.91. The zero-order chi connectivity index (χ0) is 17.2. The molecule has 0 aliphatic heterocycles. The lowest BCUT2D eigenvalue weighted by Crippen LogP contribution is -2.19. The van der Waals surface area contributed by atoms with Crippen molar-refractivity contribution < 1.29 is 13.9 Å². The van der Waals surface area contributed by atoms with Crippen molar-refractivity contribution in [1.82, 2.24) is 15.3 Å². The van der Waals surface area contributed by atoms with E-state index in [9.17, 15) is 4.39 Å². The van der Waals surface area contributed by atoms with E-state index in [0.717, 1.165) is 17.6 Å². The molecule has 0 aliphatic carbocycles. The smallest absolute Gasteiger partial charge is 0.229 e. The molecule has 0 saturated heterocycles. The van der Waals surface area contributed by atoms with Crippen LogP contribution in [-0.2, 0) is 4.74 Å². The highest BCUT2D eigenvalue weighted by Crippen LogP contribution is 2.19. The van der Waals surface area contributed by atoms with Gasteiger partial charge in [-0.05, 0) is 31.3 Å². The summed E-state index contributed by atoms with van der Waals surface area (Å²) in [5, 5.41) is 8.92. The van der Waals surface area contributed by atoms with E-state index in [-0.39, 0.29) is 5.82 Å². The Balaban J connectivity index is 1.96. The Morgan fingerprint density at radius 2 is 1.92 bits per heavy atom.